The Hall–Kier alpha value is -1.37. The molecule has 0 aromatic heterocycles. The van der Waals surface area contributed by atoms with E-state index in [1.165, 1.54) is 5.56 Å². The quantitative estimate of drug-likeness (QED) is 0.884. The van der Waals surface area contributed by atoms with E-state index in [0.29, 0.717) is 12.0 Å². The second kappa shape index (κ2) is 5.99. The molecule has 0 spiro atoms. The zero-order valence-corrected chi connectivity index (χ0v) is 11.0. The first-order chi connectivity index (χ1) is 8.72. The molecule has 3 heteroatoms. The van der Waals surface area contributed by atoms with Crippen molar-refractivity contribution in [3.8, 4) is 6.07 Å². The SMILES string of the molecule is CCC1CN(Cc2cccc(C#N)c2)CCC1N. The summed E-state index contributed by atoms with van der Waals surface area (Å²) in [5.41, 5.74) is 8.09. The van der Waals surface area contributed by atoms with Crippen LogP contribution in [0.25, 0.3) is 0 Å². The van der Waals surface area contributed by atoms with E-state index in [1.807, 2.05) is 18.2 Å². The van der Waals surface area contributed by atoms with Gasteiger partial charge in [0, 0.05) is 19.1 Å². The van der Waals surface area contributed by atoms with E-state index in [0.717, 1.165) is 38.0 Å². The summed E-state index contributed by atoms with van der Waals surface area (Å²) in [5, 5.41) is 8.90. The fraction of sp³-hybridized carbons (Fsp3) is 0.533. The van der Waals surface area contributed by atoms with E-state index >= 15 is 0 Å². The number of likely N-dealkylation sites (tertiary alicyclic amines) is 1. The summed E-state index contributed by atoms with van der Waals surface area (Å²) in [6, 6.07) is 10.4. The number of nitrogens with zero attached hydrogens (tertiary/aromatic N) is 2. The van der Waals surface area contributed by atoms with E-state index in [-0.39, 0.29) is 0 Å². The van der Waals surface area contributed by atoms with Crippen molar-refractivity contribution in [2.24, 2.45) is 11.7 Å². The van der Waals surface area contributed by atoms with Crippen LogP contribution in [0.1, 0.15) is 30.9 Å². The minimum atomic E-state index is 0.358. The van der Waals surface area contributed by atoms with Crippen LogP contribution in [-0.4, -0.2) is 24.0 Å². The van der Waals surface area contributed by atoms with Gasteiger partial charge in [-0.2, -0.15) is 5.26 Å². The largest absolute Gasteiger partial charge is 0.327 e. The van der Waals surface area contributed by atoms with Gasteiger partial charge in [-0.1, -0.05) is 25.5 Å². The molecule has 0 bridgehead atoms. The van der Waals surface area contributed by atoms with E-state index in [1.54, 1.807) is 0 Å². The Morgan fingerprint density at radius 3 is 3.06 bits per heavy atom. The zero-order valence-electron chi connectivity index (χ0n) is 11.0. The fourth-order valence-electron chi connectivity index (χ4n) is 2.70. The maximum Gasteiger partial charge on any atom is 0.0991 e. The maximum atomic E-state index is 8.90. The summed E-state index contributed by atoms with van der Waals surface area (Å²) >= 11 is 0. The minimum absolute atomic E-state index is 0.358. The Morgan fingerprint density at radius 2 is 2.33 bits per heavy atom. The molecule has 2 atom stereocenters. The van der Waals surface area contributed by atoms with Crippen molar-refractivity contribution < 1.29 is 0 Å². The van der Waals surface area contributed by atoms with Crippen LogP contribution in [0.15, 0.2) is 24.3 Å². The predicted molar refractivity (Wildman–Crippen MR) is 72.8 cm³/mol. The van der Waals surface area contributed by atoms with E-state index in [4.69, 9.17) is 11.0 Å². The predicted octanol–water partition coefficient (Wildman–Crippen LogP) is 2.12. The molecular formula is C15H21N3. The molecule has 1 aromatic rings. The van der Waals surface area contributed by atoms with Gasteiger partial charge in [0.25, 0.3) is 0 Å². The molecule has 0 aliphatic carbocycles. The molecule has 0 saturated carbocycles. The van der Waals surface area contributed by atoms with Crippen molar-refractivity contribution in [2.45, 2.75) is 32.4 Å². The number of hydrogen-bond donors (Lipinski definition) is 1. The van der Waals surface area contributed by atoms with Crippen molar-refractivity contribution in [1.82, 2.24) is 4.90 Å². The van der Waals surface area contributed by atoms with E-state index in [2.05, 4.69) is 24.0 Å². The molecule has 2 N–H and O–H groups in total. The monoisotopic (exact) mass is 243 g/mol. The molecule has 2 unspecified atom stereocenters. The highest BCUT2D eigenvalue weighted by Gasteiger charge is 2.24. The fourth-order valence-corrected chi connectivity index (χ4v) is 2.70. The summed E-state index contributed by atoms with van der Waals surface area (Å²) in [7, 11) is 0. The molecule has 2 rings (SSSR count). The van der Waals surface area contributed by atoms with Gasteiger partial charge in [-0.3, -0.25) is 4.90 Å². The van der Waals surface area contributed by atoms with Crippen molar-refractivity contribution in [2.75, 3.05) is 13.1 Å². The molecule has 1 aliphatic rings. The Labute approximate surface area is 109 Å². The van der Waals surface area contributed by atoms with Crippen LogP contribution < -0.4 is 5.73 Å². The Bertz CT molecular complexity index is 436. The highest BCUT2D eigenvalue weighted by Crippen LogP contribution is 2.20. The van der Waals surface area contributed by atoms with Crippen molar-refractivity contribution in [1.29, 1.82) is 5.26 Å². The van der Waals surface area contributed by atoms with Gasteiger partial charge in [0.05, 0.1) is 11.6 Å². The lowest BCUT2D eigenvalue weighted by Gasteiger charge is -2.36. The summed E-state index contributed by atoms with van der Waals surface area (Å²) in [6.45, 7) is 5.28. The average Bonchev–Trinajstić information content (AvgIpc) is 2.41. The molecule has 3 nitrogen and oxygen atoms in total. The Kier molecular flexibility index (Phi) is 4.35. The second-order valence-electron chi connectivity index (χ2n) is 5.17. The molecule has 0 amide bonds. The van der Waals surface area contributed by atoms with Crippen LogP contribution in [0.4, 0.5) is 0 Å². The van der Waals surface area contributed by atoms with Crippen molar-refractivity contribution in [3.63, 3.8) is 0 Å². The highest BCUT2D eigenvalue weighted by atomic mass is 15.1. The van der Waals surface area contributed by atoms with Gasteiger partial charge in [0.2, 0.25) is 0 Å². The van der Waals surface area contributed by atoms with Crippen LogP contribution in [0.5, 0.6) is 0 Å². The number of rotatable bonds is 3. The minimum Gasteiger partial charge on any atom is -0.327 e. The lowest BCUT2D eigenvalue weighted by molar-refractivity contribution is 0.145. The molecule has 0 radical (unpaired) electrons. The summed E-state index contributed by atoms with van der Waals surface area (Å²) in [6.07, 6.45) is 2.23. The summed E-state index contributed by atoms with van der Waals surface area (Å²) in [5.74, 6) is 0.609. The Morgan fingerprint density at radius 1 is 1.50 bits per heavy atom. The van der Waals surface area contributed by atoms with Gasteiger partial charge in [0.1, 0.15) is 0 Å². The standard InChI is InChI=1S/C15H21N3/c1-2-14-11-18(7-6-15(14)17)10-13-5-3-4-12(8-13)9-16/h3-5,8,14-15H,2,6-7,10-11,17H2,1H3. The molecule has 1 aliphatic heterocycles. The number of piperidine rings is 1. The van der Waals surface area contributed by atoms with Crippen LogP contribution in [0.3, 0.4) is 0 Å². The topological polar surface area (TPSA) is 53.0 Å². The van der Waals surface area contributed by atoms with E-state index < -0.39 is 0 Å². The van der Waals surface area contributed by atoms with Crippen LogP contribution in [-0.2, 0) is 6.54 Å². The number of benzene rings is 1. The van der Waals surface area contributed by atoms with E-state index in [9.17, 15) is 0 Å². The van der Waals surface area contributed by atoms with Gasteiger partial charge in [-0.25, -0.2) is 0 Å². The molecule has 1 fully saturated rings. The summed E-state index contributed by atoms with van der Waals surface area (Å²) in [4.78, 5) is 2.45. The van der Waals surface area contributed by atoms with Crippen LogP contribution in [0.2, 0.25) is 0 Å². The third-order valence-electron chi connectivity index (χ3n) is 3.86. The lowest BCUT2D eigenvalue weighted by atomic mass is 9.90. The molecular weight excluding hydrogens is 222 g/mol. The molecule has 1 saturated heterocycles. The van der Waals surface area contributed by atoms with Gasteiger partial charge in [-0.15, -0.1) is 0 Å². The van der Waals surface area contributed by atoms with Gasteiger partial charge in [-0.05, 0) is 36.6 Å². The van der Waals surface area contributed by atoms with Gasteiger partial charge in [0.15, 0.2) is 0 Å². The maximum absolute atomic E-state index is 8.90. The average molecular weight is 243 g/mol. The zero-order chi connectivity index (χ0) is 13.0. The van der Waals surface area contributed by atoms with Crippen molar-refractivity contribution >= 4 is 0 Å². The smallest absolute Gasteiger partial charge is 0.0991 e. The lowest BCUT2D eigenvalue weighted by Crippen LogP contribution is -2.46. The van der Waals surface area contributed by atoms with Crippen LogP contribution >= 0.6 is 0 Å². The third-order valence-corrected chi connectivity index (χ3v) is 3.86. The Balaban J connectivity index is 1.99. The first kappa shape index (κ1) is 13.1. The third kappa shape index (κ3) is 3.10. The highest BCUT2D eigenvalue weighted by molar-refractivity contribution is 5.32. The summed E-state index contributed by atoms with van der Waals surface area (Å²) < 4.78 is 0. The first-order valence-electron chi connectivity index (χ1n) is 6.70. The first-order valence-corrected chi connectivity index (χ1v) is 6.70. The number of nitrogens with two attached hydrogens (primary N) is 1. The second-order valence-corrected chi connectivity index (χ2v) is 5.17. The normalized spacial score (nSPS) is 24.7. The van der Waals surface area contributed by atoms with Crippen LogP contribution in [0, 0.1) is 17.2 Å². The molecule has 18 heavy (non-hydrogen) atoms. The number of hydrogen-bond acceptors (Lipinski definition) is 3. The molecule has 96 valence electrons. The van der Waals surface area contributed by atoms with Gasteiger partial charge >= 0.3 is 0 Å². The molecule has 1 heterocycles. The van der Waals surface area contributed by atoms with Crippen molar-refractivity contribution in [3.05, 3.63) is 35.4 Å². The van der Waals surface area contributed by atoms with Gasteiger partial charge < -0.3 is 5.73 Å². The number of nitriles is 1. The molecule has 1 aromatic carbocycles.